The Kier molecular flexibility index (Phi) is 5.21. The zero-order valence-electron chi connectivity index (χ0n) is 12.1. The van der Waals surface area contributed by atoms with Crippen LogP contribution in [0, 0.1) is 5.41 Å². The number of pyridine rings is 1. The van der Waals surface area contributed by atoms with Crippen LogP contribution in [0.25, 0.3) is 0 Å². The van der Waals surface area contributed by atoms with Crippen LogP contribution in [-0.4, -0.2) is 22.7 Å². The van der Waals surface area contributed by atoms with Gasteiger partial charge in [0.15, 0.2) is 5.78 Å². The van der Waals surface area contributed by atoms with Gasteiger partial charge in [0, 0.05) is 18.8 Å². The highest BCUT2D eigenvalue weighted by molar-refractivity contribution is 5.90. The van der Waals surface area contributed by atoms with Crippen LogP contribution in [0.5, 0.6) is 0 Å². The summed E-state index contributed by atoms with van der Waals surface area (Å²) in [6.45, 7) is 7.68. The van der Waals surface area contributed by atoms with Crippen LogP contribution in [-0.2, 0) is 16.0 Å². The largest absolute Gasteiger partial charge is 0.345 e. The fraction of sp³-hybridized carbons (Fsp3) is 0.533. The number of nitrogens with one attached hydrogen (secondary N) is 1. The van der Waals surface area contributed by atoms with Gasteiger partial charge in [0.1, 0.15) is 0 Å². The van der Waals surface area contributed by atoms with Crippen LogP contribution < -0.4 is 5.32 Å². The number of ketones is 1. The monoisotopic (exact) mass is 262 g/mol. The van der Waals surface area contributed by atoms with E-state index in [1.165, 1.54) is 0 Å². The van der Waals surface area contributed by atoms with Crippen molar-refractivity contribution in [2.75, 3.05) is 0 Å². The van der Waals surface area contributed by atoms with Crippen molar-refractivity contribution in [2.24, 2.45) is 5.41 Å². The molecule has 0 spiro atoms. The number of Topliss-reactive ketones (excluding diaryl/α,β-unsaturated/α-hetero) is 1. The SMILES string of the molecule is CCC(=O)[C@@H](NC(=O)Cc1cccnc1)C(C)(C)C. The average molecular weight is 262 g/mol. The lowest BCUT2D eigenvalue weighted by atomic mass is 9.83. The topological polar surface area (TPSA) is 59.1 Å². The Morgan fingerprint density at radius 3 is 2.53 bits per heavy atom. The first-order valence-electron chi connectivity index (χ1n) is 6.55. The Morgan fingerprint density at radius 2 is 2.05 bits per heavy atom. The Hall–Kier alpha value is -1.71. The minimum Gasteiger partial charge on any atom is -0.345 e. The summed E-state index contributed by atoms with van der Waals surface area (Å²) in [4.78, 5) is 27.9. The maximum Gasteiger partial charge on any atom is 0.225 e. The van der Waals surface area contributed by atoms with Crippen molar-refractivity contribution >= 4 is 11.7 Å². The van der Waals surface area contributed by atoms with Crippen molar-refractivity contribution < 1.29 is 9.59 Å². The van der Waals surface area contributed by atoms with Gasteiger partial charge in [-0.05, 0) is 17.0 Å². The van der Waals surface area contributed by atoms with Gasteiger partial charge in [-0.3, -0.25) is 14.6 Å². The molecule has 1 atom stereocenters. The zero-order valence-corrected chi connectivity index (χ0v) is 12.1. The molecule has 19 heavy (non-hydrogen) atoms. The second-order valence-corrected chi connectivity index (χ2v) is 5.72. The summed E-state index contributed by atoms with van der Waals surface area (Å²) >= 11 is 0. The van der Waals surface area contributed by atoms with E-state index in [0.717, 1.165) is 5.56 Å². The highest BCUT2D eigenvalue weighted by Crippen LogP contribution is 2.21. The van der Waals surface area contributed by atoms with Gasteiger partial charge in [0.25, 0.3) is 0 Å². The molecule has 0 unspecified atom stereocenters. The molecule has 0 radical (unpaired) electrons. The quantitative estimate of drug-likeness (QED) is 0.884. The first kappa shape index (κ1) is 15.3. The molecule has 4 heteroatoms. The van der Waals surface area contributed by atoms with E-state index in [0.29, 0.717) is 6.42 Å². The summed E-state index contributed by atoms with van der Waals surface area (Å²) in [5.74, 6) is -0.0817. The minimum atomic E-state index is -0.443. The van der Waals surface area contributed by atoms with E-state index < -0.39 is 6.04 Å². The maximum atomic E-state index is 12.0. The first-order valence-corrected chi connectivity index (χ1v) is 6.55. The van der Waals surface area contributed by atoms with Crippen LogP contribution in [0.15, 0.2) is 24.5 Å². The molecule has 1 N–H and O–H groups in total. The summed E-state index contributed by atoms with van der Waals surface area (Å²) in [5, 5.41) is 2.84. The molecule has 0 aliphatic heterocycles. The number of rotatable bonds is 5. The summed E-state index contributed by atoms with van der Waals surface area (Å²) in [6.07, 6.45) is 4.00. The van der Waals surface area contributed by atoms with Crippen LogP contribution >= 0.6 is 0 Å². The van der Waals surface area contributed by atoms with E-state index in [2.05, 4.69) is 10.3 Å². The van der Waals surface area contributed by atoms with E-state index in [-0.39, 0.29) is 23.5 Å². The summed E-state index contributed by atoms with van der Waals surface area (Å²) in [6, 6.07) is 3.20. The normalized spacial score (nSPS) is 12.8. The minimum absolute atomic E-state index is 0.0621. The van der Waals surface area contributed by atoms with E-state index in [9.17, 15) is 9.59 Å². The predicted molar refractivity (Wildman–Crippen MR) is 74.6 cm³/mol. The molecule has 0 saturated carbocycles. The molecule has 0 fully saturated rings. The predicted octanol–water partition coefficient (Wildman–Crippen LogP) is 2.13. The smallest absolute Gasteiger partial charge is 0.225 e. The van der Waals surface area contributed by atoms with Gasteiger partial charge in [-0.2, -0.15) is 0 Å². The van der Waals surface area contributed by atoms with Gasteiger partial charge in [-0.25, -0.2) is 0 Å². The zero-order chi connectivity index (χ0) is 14.5. The van der Waals surface area contributed by atoms with Crippen molar-refractivity contribution in [1.29, 1.82) is 0 Å². The third kappa shape index (κ3) is 4.81. The third-order valence-corrected chi connectivity index (χ3v) is 2.93. The molecule has 0 bridgehead atoms. The van der Waals surface area contributed by atoms with Crippen molar-refractivity contribution in [3.8, 4) is 0 Å². The molecule has 0 saturated heterocycles. The fourth-order valence-corrected chi connectivity index (χ4v) is 1.88. The second-order valence-electron chi connectivity index (χ2n) is 5.72. The second kappa shape index (κ2) is 6.45. The number of aromatic nitrogens is 1. The van der Waals surface area contributed by atoms with Crippen molar-refractivity contribution in [1.82, 2.24) is 10.3 Å². The lowest BCUT2D eigenvalue weighted by Gasteiger charge is -2.30. The third-order valence-electron chi connectivity index (χ3n) is 2.93. The van der Waals surface area contributed by atoms with Crippen LogP contribution in [0.4, 0.5) is 0 Å². The van der Waals surface area contributed by atoms with Gasteiger partial charge < -0.3 is 5.32 Å². The number of amides is 1. The van der Waals surface area contributed by atoms with Gasteiger partial charge in [0.2, 0.25) is 5.91 Å². The molecule has 0 aliphatic carbocycles. The highest BCUT2D eigenvalue weighted by Gasteiger charge is 2.31. The molecular formula is C15H22N2O2. The van der Waals surface area contributed by atoms with Crippen LogP contribution in [0.2, 0.25) is 0 Å². The van der Waals surface area contributed by atoms with Crippen LogP contribution in [0.3, 0.4) is 0 Å². The van der Waals surface area contributed by atoms with Crippen molar-refractivity contribution in [2.45, 2.75) is 46.6 Å². The van der Waals surface area contributed by atoms with Gasteiger partial charge in [-0.15, -0.1) is 0 Å². The number of hydrogen-bond acceptors (Lipinski definition) is 3. The molecule has 0 aliphatic rings. The Labute approximate surface area is 114 Å². The summed E-state index contributed by atoms with van der Waals surface area (Å²) in [7, 11) is 0. The Bertz CT molecular complexity index is 435. The van der Waals surface area contributed by atoms with Crippen molar-refractivity contribution in [3.63, 3.8) is 0 Å². The number of carbonyl (C=O) groups is 2. The molecule has 1 aromatic heterocycles. The number of nitrogens with zero attached hydrogens (tertiary/aromatic N) is 1. The first-order chi connectivity index (χ1) is 8.84. The van der Waals surface area contributed by atoms with Crippen LogP contribution in [0.1, 0.15) is 39.7 Å². The Morgan fingerprint density at radius 1 is 1.37 bits per heavy atom. The lowest BCUT2D eigenvalue weighted by Crippen LogP contribution is -2.49. The molecule has 1 rings (SSSR count). The average Bonchev–Trinajstić information content (AvgIpc) is 2.35. The van der Waals surface area contributed by atoms with Gasteiger partial charge >= 0.3 is 0 Å². The number of hydrogen-bond donors (Lipinski definition) is 1. The van der Waals surface area contributed by atoms with E-state index in [4.69, 9.17) is 0 Å². The molecule has 1 amide bonds. The fourth-order valence-electron chi connectivity index (χ4n) is 1.88. The number of carbonyl (C=O) groups excluding carboxylic acids is 2. The molecular weight excluding hydrogens is 240 g/mol. The van der Waals surface area contributed by atoms with E-state index in [1.54, 1.807) is 18.5 Å². The molecule has 1 heterocycles. The van der Waals surface area contributed by atoms with E-state index >= 15 is 0 Å². The molecule has 104 valence electrons. The Balaban J connectivity index is 2.70. The highest BCUT2D eigenvalue weighted by atomic mass is 16.2. The van der Waals surface area contributed by atoms with Gasteiger partial charge in [-0.1, -0.05) is 33.8 Å². The van der Waals surface area contributed by atoms with E-state index in [1.807, 2.05) is 33.8 Å². The lowest BCUT2D eigenvalue weighted by molar-refractivity contribution is -0.129. The summed E-state index contributed by atoms with van der Waals surface area (Å²) in [5.41, 5.74) is 0.564. The molecule has 0 aromatic carbocycles. The maximum absolute atomic E-state index is 12.0. The molecule has 4 nitrogen and oxygen atoms in total. The summed E-state index contributed by atoms with van der Waals surface area (Å²) < 4.78 is 0. The molecule has 1 aromatic rings. The standard InChI is InChI=1S/C15H22N2O2/c1-5-12(18)14(15(2,3)4)17-13(19)9-11-7-6-8-16-10-11/h6-8,10,14H,5,9H2,1-4H3,(H,17,19)/t14-/m1/s1. The van der Waals surface area contributed by atoms with Gasteiger partial charge in [0.05, 0.1) is 12.5 Å². The van der Waals surface area contributed by atoms with Crippen molar-refractivity contribution in [3.05, 3.63) is 30.1 Å².